The molecule has 0 amide bonds. The third-order valence-electron chi connectivity index (χ3n) is 13.6. The van der Waals surface area contributed by atoms with Gasteiger partial charge in [-0.3, -0.25) is 28.8 Å². The Bertz CT molecular complexity index is 1960. The van der Waals surface area contributed by atoms with Crippen molar-refractivity contribution in [1.29, 1.82) is 0 Å². The van der Waals surface area contributed by atoms with Gasteiger partial charge >= 0.3 is 34.7 Å². The van der Waals surface area contributed by atoms with Crippen molar-refractivity contribution >= 4 is 61.4 Å². The van der Waals surface area contributed by atoms with E-state index in [9.17, 15) is 37.2 Å². The maximum absolute atomic E-state index is 13.8. The van der Waals surface area contributed by atoms with Gasteiger partial charge < -0.3 is 23.7 Å². The molecule has 0 saturated carbocycles. The third kappa shape index (κ3) is 28.2. The number of ketones is 1. The molecule has 0 aliphatic heterocycles. The second-order valence-corrected chi connectivity index (χ2v) is 26.0. The van der Waals surface area contributed by atoms with Gasteiger partial charge in [-0.25, -0.2) is 8.42 Å². The van der Waals surface area contributed by atoms with Gasteiger partial charge in [0.25, 0.3) is 16.4 Å². The Balaban J connectivity index is 0. The van der Waals surface area contributed by atoms with Crippen LogP contribution >= 0.6 is 15.9 Å². The summed E-state index contributed by atoms with van der Waals surface area (Å²) in [5.41, 5.74) is -1.66. The summed E-state index contributed by atoms with van der Waals surface area (Å²) >= 11 is 3.37. The maximum Gasteiger partial charge on any atom is 0.381 e. The average Bonchev–Trinajstić information content (AvgIpc) is 3.34. The van der Waals surface area contributed by atoms with E-state index in [1.54, 1.807) is 52.0 Å². The van der Waals surface area contributed by atoms with Crippen LogP contribution in [0.5, 0.6) is 0 Å². The zero-order valence-corrected chi connectivity index (χ0v) is 52.5. The van der Waals surface area contributed by atoms with Crippen LogP contribution in [-0.2, 0) is 62.3 Å². The number of ether oxygens (including phenoxy) is 5. The lowest BCUT2D eigenvalue weighted by Gasteiger charge is -2.24. The number of aryl methyl sites for hydroxylation is 1. The van der Waals surface area contributed by atoms with Crippen molar-refractivity contribution in [3.05, 3.63) is 34.7 Å². The summed E-state index contributed by atoms with van der Waals surface area (Å²) in [5, 5.41) is 1.01. The second-order valence-electron chi connectivity index (χ2n) is 22.9. The van der Waals surface area contributed by atoms with Gasteiger partial charge in [-0.15, -0.1) is 0 Å². The quantitative estimate of drug-likeness (QED) is 0.0267. The fourth-order valence-corrected chi connectivity index (χ4v) is 10.5. The fraction of sp³-hybridized carbons (Fsp3) is 0.783. The van der Waals surface area contributed by atoms with E-state index in [0.29, 0.717) is 84.4 Å². The minimum Gasteiger partial charge on any atom is -0.466 e. The zero-order chi connectivity index (χ0) is 58.9. The normalized spacial score (nSPS) is 12.2. The van der Waals surface area contributed by atoms with E-state index < -0.39 is 36.4 Å². The lowest BCUT2D eigenvalue weighted by Crippen LogP contribution is -2.36. The fourth-order valence-electron chi connectivity index (χ4n) is 8.17. The van der Waals surface area contributed by atoms with Gasteiger partial charge in [0, 0.05) is 31.0 Å². The first-order valence-electron chi connectivity index (χ1n) is 28.0. The van der Waals surface area contributed by atoms with Crippen LogP contribution in [0.2, 0.25) is 0 Å². The number of benzene rings is 1. The molecule has 1 rings (SSSR count). The Kier molecular flexibility index (Phi) is 36.2. The third-order valence-corrected chi connectivity index (χ3v) is 16.6. The first-order chi connectivity index (χ1) is 35.3. The van der Waals surface area contributed by atoms with E-state index in [-0.39, 0.29) is 58.8 Å². The molecule has 0 fully saturated rings. The van der Waals surface area contributed by atoms with Crippen LogP contribution in [-0.4, -0.2) is 87.3 Å². The molecule has 1 aromatic carbocycles. The Morgan fingerprint density at radius 2 is 0.697 bits per heavy atom. The molecule has 16 heteroatoms. The van der Waals surface area contributed by atoms with Crippen molar-refractivity contribution < 1.29 is 60.9 Å². The van der Waals surface area contributed by atoms with E-state index in [0.717, 1.165) is 68.7 Å². The number of nitrogens with zero attached hydrogens (tertiary/aromatic N) is 1. The molecule has 0 heterocycles. The van der Waals surface area contributed by atoms with Crippen LogP contribution in [0.4, 0.5) is 0 Å². The van der Waals surface area contributed by atoms with E-state index in [4.69, 9.17) is 30.3 Å². The molecule has 0 spiro atoms. The maximum atomic E-state index is 13.8. The molecule has 0 N–H and O–H groups in total. The number of halogens is 1. The monoisotopic (exact) mass is 1160 g/mol. The number of Topliss-reactive ketones (excluding diaryl/α,β-unsaturated/α-hetero) is 1. The van der Waals surface area contributed by atoms with Crippen LogP contribution in [0.25, 0.3) is 4.85 Å². The zero-order valence-electron chi connectivity index (χ0n) is 50.1. The van der Waals surface area contributed by atoms with E-state index in [1.807, 2.05) is 83.1 Å². The van der Waals surface area contributed by atoms with Crippen molar-refractivity contribution in [2.45, 2.75) is 243 Å². The van der Waals surface area contributed by atoms with Crippen molar-refractivity contribution in [3.63, 3.8) is 0 Å². The van der Waals surface area contributed by atoms with Gasteiger partial charge in [0.1, 0.15) is 5.78 Å². The molecule has 0 saturated heterocycles. The number of alkyl halides is 1. The van der Waals surface area contributed by atoms with Crippen LogP contribution in [0.1, 0.15) is 231 Å². The Morgan fingerprint density at radius 3 is 0.947 bits per heavy atom. The summed E-state index contributed by atoms with van der Waals surface area (Å²) in [6.07, 6.45) is 12.8. The van der Waals surface area contributed by atoms with Crippen LogP contribution in [0, 0.1) is 40.6 Å². The molecule has 1 aromatic rings. The van der Waals surface area contributed by atoms with E-state index >= 15 is 0 Å². The van der Waals surface area contributed by atoms with Gasteiger partial charge in [-0.1, -0.05) is 70.6 Å². The molecule has 0 atom stereocenters. The highest BCUT2D eigenvalue weighted by Crippen LogP contribution is 2.39. The van der Waals surface area contributed by atoms with Crippen molar-refractivity contribution in [1.82, 2.24) is 0 Å². The predicted octanol–water partition coefficient (Wildman–Crippen LogP) is 14.7. The SMILES string of the molecule is C#[N+]C(CCCCC(C)(C)C(=O)OCC)(CCCCC(C)(C)C(=O)OCC)S(=O)(=O)c1ccc(C)cc1.CCOC(=O)C(C)(C)CCCCBr.CCOC(=O)C(C)(C)CCCCC(=O)CCCCC(C)(C)C(=O)OCC. The van der Waals surface area contributed by atoms with E-state index in [2.05, 4.69) is 20.8 Å². The Hall–Kier alpha value is -3.84. The number of hydrogen-bond donors (Lipinski definition) is 0. The van der Waals surface area contributed by atoms with Gasteiger partial charge in [-0.2, -0.15) is 0 Å². The second kappa shape index (κ2) is 37.1. The van der Waals surface area contributed by atoms with Gasteiger partial charge in [0.15, 0.2) is 0 Å². The lowest BCUT2D eigenvalue weighted by molar-refractivity contribution is -0.154. The van der Waals surface area contributed by atoms with Crippen molar-refractivity contribution in [3.8, 4) is 6.57 Å². The summed E-state index contributed by atoms with van der Waals surface area (Å²) < 4.78 is 53.1. The van der Waals surface area contributed by atoms with Gasteiger partial charge in [0.05, 0.1) is 65.0 Å². The number of esters is 5. The predicted molar refractivity (Wildman–Crippen MR) is 308 cm³/mol. The van der Waals surface area contributed by atoms with Crippen molar-refractivity contribution in [2.24, 2.45) is 27.1 Å². The van der Waals surface area contributed by atoms with Gasteiger partial charge in [-0.05, 0) is 187 Å². The largest absolute Gasteiger partial charge is 0.466 e. The molecule has 0 aliphatic rings. The van der Waals surface area contributed by atoms with Gasteiger partial charge in [0.2, 0.25) is 0 Å². The highest BCUT2D eigenvalue weighted by molar-refractivity contribution is 9.09. The molecule has 0 unspecified atom stereocenters. The molecule has 14 nitrogen and oxygen atoms in total. The summed E-state index contributed by atoms with van der Waals surface area (Å²) in [6.45, 7) is 37.4. The van der Waals surface area contributed by atoms with Crippen LogP contribution in [0.3, 0.4) is 0 Å². The lowest BCUT2D eigenvalue weighted by atomic mass is 9.85. The molecule has 438 valence electrons. The van der Waals surface area contributed by atoms with Crippen molar-refractivity contribution in [2.75, 3.05) is 38.4 Å². The first kappa shape index (κ1) is 74.2. The molecule has 0 bridgehead atoms. The summed E-state index contributed by atoms with van der Waals surface area (Å²) in [7, 11) is -3.89. The van der Waals surface area contributed by atoms with E-state index in [1.165, 1.54) is 0 Å². The minimum atomic E-state index is -3.89. The molecule has 76 heavy (non-hydrogen) atoms. The first-order valence-corrected chi connectivity index (χ1v) is 30.6. The summed E-state index contributed by atoms with van der Waals surface area (Å²) in [6, 6.07) is 6.71. The Morgan fingerprint density at radius 1 is 0.447 bits per heavy atom. The highest BCUT2D eigenvalue weighted by Gasteiger charge is 2.54. The number of carbonyl (C=O) groups is 6. The summed E-state index contributed by atoms with van der Waals surface area (Å²) in [4.78, 5) is 74.2. The number of rotatable bonds is 36. The topological polar surface area (TPSA) is 187 Å². The smallest absolute Gasteiger partial charge is 0.381 e. The minimum absolute atomic E-state index is 0.0791. The standard InChI is InChI=1S/C29H46NO6S.C21H38O5.C10H19BrO2/c1-9-35-25(31)27(4,5)19-11-13-21-29(30-8,37(33,34)24-17-15-23(3)16-18-24)22-14-12-20-28(6,7)26(32)36-10-2;1-7-25-18(23)20(3,4)15-11-9-13-17(22)14-10-12-16-21(5,6)19(24)26-8-2;1-4-13-9(12)10(2,3)7-5-6-8-11/h8,15-18H,9-14,19-22H2,1-7H3;7-16H2,1-6H3;4-8H2,1-3H3/q+1;;. The highest BCUT2D eigenvalue weighted by atomic mass is 79.9. The Labute approximate surface area is 469 Å². The number of unbranched alkanes of at least 4 members (excludes halogenated alkanes) is 5. The number of sulfone groups is 1. The molecular formula is C60H103BrNO13S+. The molecule has 0 aromatic heterocycles. The molecule has 0 radical (unpaired) electrons. The van der Waals surface area contributed by atoms with Crippen LogP contribution in [0.15, 0.2) is 29.2 Å². The molecule has 0 aliphatic carbocycles. The number of hydrogen-bond acceptors (Lipinski definition) is 13. The van der Waals surface area contributed by atoms with Crippen LogP contribution < -0.4 is 0 Å². The summed E-state index contributed by atoms with van der Waals surface area (Å²) in [5.74, 6) is -0.689. The number of carbonyl (C=O) groups excluding carboxylic acids is 6. The molecular weight excluding hydrogens is 1050 g/mol. The average molecular weight is 1160 g/mol.